The van der Waals surface area contributed by atoms with E-state index in [0.717, 1.165) is 17.2 Å². The van der Waals surface area contributed by atoms with E-state index in [1.807, 2.05) is 34.9 Å². The SMILES string of the molecule is N#Cc1ccc(Nc2c(-c3ccco3)nc3cnccn23)cc1. The zero-order valence-electron chi connectivity index (χ0n) is 12.0. The molecule has 0 atom stereocenters. The molecule has 0 bridgehead atoms. The fourth-order valence-electron chi connectivity index (χ4n) is 2.38. The Bertz CT molecular complexity index is 994. The van der Waals surface area contributed by atoms with E-state index in [-0.39, 0.29) is 0 Å². The number of imidazole rings is 1. The first-order chi connectivity index (χ1) is 11.3. The van der Waals surface area contributed by atoms with Crippen LogP contribution in [0.1, 0.15) is 5.56 Å². The maximum absolute atomic E-state index is 8.89. The Labute approximate surface area is 131 Å². The monoisotopic (exact) mass is 301 g/mol. The minimum absolute atomic E-state index is 0.615. The molecule has 0 aliphatic rings. The smallest absolute Gasteiger partial charge is 0.157 e. The van der Waals surface area contributed by atoms with Crippen LogP contribution in [0.15, 0.2) is 65.7 Å². The Kier molecular flexibility index (Phi) is 3.03. The van der Waals surface area contributed by atoms with Crippen LogP contribution in [0.4, 0.5) is 11.5 Å². The summed E-state index contributed by atoms with van der Waals surface area (Å²) in [5.74, 6) is 1.45. The number of aromatic nitrogens is 3. The predicted octanol–water partition coefficient (Wildman–Crippen LogP) is 3.60. The number of anilines is 2. The first-order valence-corrected chi connectivity index (χ1v) is 6.98. The summed E-state index contributed by atoms with van der Waals surface area (Å²) in [6.45, 7) is 0. The van der Waals surface area contributed by atoms with E-state index in [9.17, 15) is 0 Å². The van der Waals surface area contributed by atoms with Crippen molar-refractivity contribution in [2.75, 3.05) is 5.32 Å². The van der Waals surface area contributed by atoms with Crippen molar-refractivity contribution in [3.63, 3.8) is 0 Å². The van der Waals surface area contributed by atoms with Crippen LogP contribution in [-0.4, -0.2) is 14.4 Å². The largest absolute Gasteiger partial charge is 0.463 e. The standard InChI is InChI=1S/C17H11N5O/c18-10-12-3-5-13(6-4-12)20-17-16(14-2-1-9-23-14)21-15-11-19-7-8-22(15)17/h1-9,11,20H. The third kappa shape index (κ3) is 2.30. The van der Waals surface area contributed by atoms with Crippen LogP contribution >= 0.6 is 0 Å². The van der Waals surface area contributed by atoms with Gasteiger partial charge in [-0.2, -0.15) is 5.26 Å². The molecule has 0 aliphatic carbocycles. The molecular formula is C17H11N5O. The molecule has 0 radical (unpaired) electrons. The molecule has 0 fully saturated rings. The topological polar surface area (TPSA) is 79.2 Å². The number of furan rings is 1. The van der Waals surface area contributed by atoms with E-state index in [1.165, 1.54) is 0 Å². The summed E-state index contributed by atoms with van der Waals surface area (Å²) in [6, 6.07) is 13.0. The van der Waals surface area contributed by atoms with Gasteiger partial charge in [-0.3, -0.25) is 9.38 Å². The molecule has 1 aromatic carbocycles. The van der Waals surface area contributed by atoms with E-state index in [1.54, 1.807) is 30.8 Å². The minimum atomic E-state index is 0.615. The number of hydrogen-bond acceptors (Lipinski definition) is 5. The number of hydrogen-bond donors (Lipinski definition) is 1. The van der Waals surface area contributed by atoms with Crippen LogP contribution in [-0.2, 0) is 0 Å². The van der Waals surface area contributed by atoms with Crippen molar-refractivity contribution in [1.82, 2.24) is 14.4 Å². The maximum Gasteiger partial charge on any atom is 0.157 e. The average Bonchev–Trinajstić information content (AvgIpc) is 3.24. The van der Waals surface area contributed by atoms with E-state index in [2.05, 4.69) is 21.4 Å². The molecule has 23 heavy (non-hydrogen) atoms. The van der Waals surface area contributed by atoms with Crippen molar-refractivity contribution in [3.8, 4) is 17.5 Å². The summed E-state index contributed by atoms with van der Waals surface area (Å²) >= 11 is 0. The number of nitrogens with zero attached hydrogens (tertiary/aromatic N) is 4. The van der Waals surface area contributed by atoms with Gasteiger partial charge < -0.3 is 9.73 Å². The summed E-state index contributed by atoms with van der Waals surface area (Å²) in [5.41, 5.74) is 2.89. The second-order valence-electron chi connectivity index (χ2n) is 4.90. The molecule has 0 spiro atoms. The van der Waals surface area contributed by atoms with Gasteiger partial charge in [-0.1, -0.05) is 0 Å². The number of benzene rings is 1. The van der Waals surface area contributed by atoms with Crippen molar-refractivity contribution in [3.05, 3.63) is 66.8 Å². The highest BCUT2D eigenvalue weighted by Gasteiger charge is 2.16. The van der Waals surface area contributed by atoms with Crippen molar-refractivity contribution in [2.24, 2.45) is 0 Å². The third-order valence-corrected chi connectivity index (χ3v) is 3.46. The Morgan fingerprint density at radius 1 is 1.17 bits per heavy atom. The summed E-state index contributed by atoms with van der Waals surface area (Å²) in [6.07, 6.45) is 6.84. The van der Waals surface area contributed by atoms with Gasteiger partial charge in [-0.25, -0.2) is 4.98 Å². The molecule has 0 unspecified atom stereocenters. The summed E-state index contributed by atoms with van der Waals surface area (Å²) in [4.78, 5) is 8.68. The lowest BCUT2D eigenvalue weighted by Crippen LogP contribution is -1.97. The number of rotatable bonds is 3. The fourth-order valence-corrected chi connectivity index (χ4v) is 2.38. The highest BCUT2D eigenvalue weighted by atomic mass is 16.3. The van der Waals surface area contributed by atoms with Gasteiger partial charge in [0, 0.05) is 18.1 Å². The minimum Gasteiger partial charge on any atom is -0.463 e. The predicted molar refractivity (Wildman–Crippen MR) is 85.1 cm³/mol. The van der Waals surface area contributed by atoms with Gasteiger partial charge in [0.25, 0.3) is 0 Å². The van der Waals surface area contributed by atoms with Crippen molar-refractivity contribution in [1.29, 1.82) is 5.26 Å². The van der Waals surface area contributed by atoms with Crippen LogP contribution in [0.25, 0.3) is 17.1 Å². The Hall–Kier alpha value is -3.59. The molecule has 1 N–H and O–H groups in total. The summed E-state index contributed by atoms with van der Waals surface area (Å²) in [5, 5.41) is 12.2. The zero-order chi connectivity index (χ0) is 15.6. The lowest BCUT2D eigenvalue weighted by Gasteiger charge is -2.07. The first-order valence-electron chi connectivity index (χ1n) is 6.98. The van der Waals surface area contributed by atoms with Crippen molar-refractivity contribution < 1.29 is 4.42 Å². The molecule has 0 amide bonds. The van der Waals surface area contributed by atoms with Crippen LogP contribution in [0.5, 0.6) is 0 Å². The normalized spacial score (nSPS) is 10.6. The second kappa shape index (κ2) is 5.31. The lowest BCUT2D eigenvalue weighted by atomic mass is 10.2. The third-order valence-electron chi connectivity index (χ3n) is 3.46. The quantitative estimate of drug-likeness (QED) is 0.625. The highest BCUT2D eigenvalue weighted by molar-refractivity contribution is 5.77. The molecule has 6 nitrogen and oxygen atoms in total. The Morgan fingerprint density at radius 2 is 2.04 bits per heavy atom. The summed E-state index contributed by atoms with van der Waals surface area (Å²) < 4.78 is 7.39. The van der Waals surface area contributed by atoms with E-state index in [4.69, 9.17) is 9.68 Å². The molecule has 0 saturated carbocycles. The molecule has 3 heterocycles. The zero-order valence-corrected chi connectivity index (χ0v) is 12.0. The van der Waals surface area contributed by atoms with Gasteiger partial charge in [0.2, 0.25) is 0 Å². The van der Waals surface area contributed by atoms with Crippen LogP contribution in [0, 0.1) is 11.3 Å². The van der Waals surface area contributed by atoms with Gasteiger partial charge >= 0.3 is 0 Å². The molecule has 6 heteroatoms. The maximum atomic E-state index is 8.89. The number of nitrogens with one attached hydrogen (secondary N) is 1. The first kappa shape index (κ1) is 13.1. The second-order valence-corrected chi connectivity index (χ2v) is 4.90. The van der Waals surface area contributed by atoms with Crippen molar-refractivity contribution >= 4 is 17.2 Å². The van der Waals surface area contributed by atoms with Gasteiger partial charge in [-0.05, 0) is 36.4 Å². The number of fused-ring (bicyclic) bond motifs is 1. The fraction of sp³-hybridized carbons (Fsp3) is 0. The van der Waals surface area contributed by atoms with Gasteiger partial charge in [0.15, 0.2) is 11.4 Å². The van der Waals surface area contributed by atoms with E-state index >= 15 is 0 Å². The highest BCUT2D eigenvalue weighted by Crippen LogP contribution is 2.31. The number of nitriles is 1. The van der Waals surface area contributed by atoms with Crippen molar-refractivity contribution in [2.45, 2.75) is 0 Å². The van der Waals surface area contributed by atoms with Crippen LogP contribution in [0.2, 0.25) is 0 Å². The molecular weight excluding hydrogens is 290 g/mol. The molecule has 0 aliphatic heterocycles. The Balaban J connectivity index is 1.84. The lowest BCUT2D eigenvalue weighted by molar-refractivity contribution is 0.581. The average molecular weight is 301 g/mol. The van der Waals surface area contributed by atoms with Gasteiger partial charge in [-0.15, -0.1) is 0 Å². The molecule has 110 valence electrons. The van der Waals surface area contributed by atoms with E-state index in [0.29, 0.717) is 17.0 Å². The summed E-state index contributed by atoms with van der Waals surface area (Å²) in [7, 11) is 0. The molecule has 4 rings (SSSR count). The molecule has 3 aromatic heterocycles. The molecule has 0 saturated heterocycles. The van der Waals surface area contributed by atoms with Gasteiger partial charge in [0.05, 0.1) is 24.1 Å². The van der Waals surface area contributed by atoms with E-state index < -0.39 is 0 Å². The van der Waals surface area contributed by atoms with Crippen LogP contribution in [0.3, 0.4) is 0 Å². The van der Waals surface area contributed by atoms with Gasteiger partial charge in [0.1, 0.15) is 11.5 Å². The molecule has 4 aromatic rings. The van der Waals surface area contributed by atoms with Crippen LogP contribution < -0.4 is 5.32 Å². The Morgan fingerprint density at radius 3 is 2.78 bits per heavy atom.